The molecule has 0 saturated heterocycles. The number of methoxy groups -OCH3 is 1. The zero-order chi connectivity index (χ0) is 22.3. The van der Waals surface area contributed by atoms with E-state index in [-0.39, 0.29) is 28.1 Å². The second kappa shape index (κ2) is 8.36. The van der Waals surface area contributed by atoms with Gasteiger partial charge in [-0.15, -0.1) is 11.3 Å². The van der Waals surface area contributed by atoms with Crippen molar-refractivity contribution in [1.82, 2.24) is 9.78 Å². The smallest absolute Gasteiger partial charge is 0.410 e. The van der Waals surface area contributed by atoms with Crippen LogP contribution in [0.5, 0.6) is 5.75 Å². The quantitative estimate of drug-likeness (QED) is 0.413. The van der Waals surface area contributed by atoms with Gasteiger partial charge in [0.15, 0.2) is 11.7 Å². The van der Waals surface area contributed by atoms with Gasteiger partial charge in [-0.25, -0.2) is 4.68 Å². The number of fused-ring (bicyclic) bond motifs is 1. The van der Waals surface area contributed by atoms with Gasteiger partial charge in [0.2, 0.25) is 0 Å². The Bertz CT molecular complexity index is 1120. The van der Waals surface area contributed by atoms with E-state index in [9.17, 15) is 18.0 Å². The van der Waals surface area contributed by atoms with Gasteiger partial charge in [-0.05, 0) is 45.6 Å². The summed E-state index contributed by atoms with van der Waals surface area (Å²) in [5.74, 6) is -0.262. The minimum Gasteiger partial charge on any atom is -0.495 e. The van der Waals surface area contributed by atoms with Gasteiger partial charge >= 0.3 is 6.18 Å². The van der Waals surface area contributed by atoms with Crippen LogP contribution < -0.4 is 15.4 Å². The summed E-state index contributed by atoms with van der Waals surface area (Å²) in [6.45, 7) is 0. The summed E-state index contributed by atoms with van der Waals surface area (Å²) in [6.07, 6.45) is -4.78. The minimum atomic E-state index is -4.54. The molecule has 4 rings (SSSR count). The summed E-state index contributed by atoms with van der Waals surface area (Å²) in [5, 5.41) is 11.8. The van der Waals surface area contributed by atoms with Crippen molar-refractivity contribution in [3.05, 3.63) is 55.8 Å². The van der Waals surface area contributed by atoms with E-state index in [0.717, 1.165) is 9.56 Å². The molecule has 1 amide bonds. The van der Waals surface area contributed by atoms with E-state index in [2.05, 4.69) is 31.7 Å². The molecule has 12 heteroatoms. The number of carbonyl (C=O) groups excluding carboxylic acids is 1. The maximum absolute atomic E-state index is 13.8. The highest BCUT2D eigenvalue weighted by Gasteiger charge is 2.48. The number of anilines is 2. The minimum absolute atomic E-state index is 0.0928. The second-order valence-corrected chi connectivity index (χ2v) is 8.97. The molecule has 3 aromatic rings. The Morgan fingerprint density at radius 3 is 2.84 bits per heavy atom. The first-order valence-corrected chi connectivity index (χ1v) is 11.0. The predicted molar refractivity (Wildman–Crippen MR) is 116 cm³/mol. The number of thiophene rings is 1. The number of hydrogen-bond donors (Lipinski definition) is 2. The highest BCUT2D eigenvalue weighted by atomic mass is 79.9. The molecule has 3 heterocycles. The molecule has 2 N–H and O–H groups in total. The Kier molecular flexibility index (Phi) is 5.93. The molecule has 1 aliphatic heterocycles. The fraction of sp³-hybridized carbons (Fsp3) is 0.263. The number of aromatic nitrogens is 2. The summed E-state index contributed by atoms with van der Waals surface area (Å²) in [5.41, 5.74) is 0.0836. The van der Waals surface area contributed by atoms with E-state index in [4.69, 9.17) is 16.3 Å². The Balaban J connectivity index is 1.71. The Labute approximate surface area is 192 Å². The lowest BCUT2D eigenvalue weighted by Crippen LogP contribution is -2.35. The number of hydrogen-bond acceptors (Lipinski definition) is 5. The fourth-order valence-electron chi connectivity index (χ4n) is 3.37. The average molecular weight is 536 g/mol. The number of amides is 1. The lowest BCUT2D eigenvalue weighted by atomic mass is 10.0. The average Bonchev–Trinajstić information content (AvgIpc) is 3.35. The molecule has 0 unspecified atom stereocenters. The molecule has 0 spiro atoms. The van der Waals surface area contributed by atoms with Gasteiger partial charge in [-0.1, -0.05) is 17.7 Å². The van der Waals surface area contributed by atoms with Crippen molar-refractivity contribution in [3.8, 4) is 5.75 Å². The van der Waals surface area contributed by atoms with E-state index >= 15 is 0 Å². The molecule has 0 saturated carbocycles. The lowest BCUT2D eigenvalue weighted by molar-refractivity contribution is -0.173. The molecule has 164 valence electrons. The number of alkyl halides is 3. The topological polar surface area (TPSA) is 68.2 Å². The van der Waals surface area contributed by atoms with E-state index in [1.165, 1.54) is 24.5 Å². The van der Waals surface area contributed by atoms with E-state index in [0.29, 0.717) is 10.8 Å². The van der Waals surface area contributed by atoms with Gasteiger partial charge in [-0.3, -0.25) is 4.79 Å². The highest BCUT2D eigenvalue weighted by Crippen LogP contribution is 2.47. The van der Waals surface area contributed by atoms with E-state index in [1.807, 2.05) is 0 Å². The molecule has 1 aromatic carbocycles. The van der Waals surface area contributed by atoms with Crippen LogP contribution in [0.4, 0.5) is 24.7 Å². The van der Waals surface area contributed by atoms with Crippen molar-refractivity contribution in [2.45, 2.75) is 24.7 Å². The maximum Gasteiger partial charge on any atom is 0.410 e. The molecule has 1 aliphatic rings. The molecular weight excluding hydrogens is 521 g/mol. The molecule has 0 aliphatic carbocycles. The van der Waals surface area contributed by atoms with Gasteiger partial charge in [0.05, 0.1) is 23.3 Å². The van der Waals surface area contributed by atoms with Gasteiger partial charge in [0, 0.05) is 16.3 Å². The van der Waals surface area contributed by atoms with Crippen LogP contribution in [0, 0.1) is 0 Å². The van der Waals surface area contributed by atoms with Crippen molar-refractivity contribution < 1.29 is 22.7 Å². The van der Waals surface area contributed by atoms with Crippen LogP contribution in [0.25, 0.3) is 0 Å². The summed E-state index contributed by atoms with van der Waals surface area (Å²) in [6, 6.07) is 5.75. The summed E-state index contributed by atoms with van der Waals surface area (Å²) in [4.78, 5) is 13.6. The third-order valence-electron chi connectivity index (χ3n) is 4.81. The van der Waals surface area contributed by atoms with E-state index < -0.39 is 24.2 Å². The molecular formula is C19H15BrClF3N4O2S. The fourth-order valence-corrected chi connectivity index (χ4v) is 4.89. The Morgan fingerprint density at radius 1 is 1.42 bits per heavy atom. The summed E-state index contributed by atoms with van der Waals surface area (Å²) < 4.78 is 47.7. The Morgan fingerprint density at radius 2 is 2.19 bits per heavy atom. The van der Waals surface area contributed by atoms with Crippen LogP contribution in [-0.4, -0.2) is 29.0 Å². The van der Waals surface area contributed by atoms with Crippen LogP contribution in [-0.2, 0) is 0 Å². The van der Waals surface area contributed by atoms with Crippen LogP contribution in [0.2, 0.25) is 5.02 Å². The van der Waals surface area contributed by atoms with Crippen molar-refractivity contribution in [2.24, 2.45) is 0 Å². The molecule has 2 aromatic heterocycles. The van der Waals surface area contributed by atoms with Crippen molar-refractivity contribution in [2.75, 3.05) is 17.7 Å². The number of halogens is 5. The number of benzene rings is 1. The van der Waals surface area contributed by atoms with Crippen LogP contribution in [0.1, 0.15) is 33.9 Å². The SMILES string of the molecule is COc1ccc(Cl)cc1NC(=O)c1nn2c(c1Br)N[C@@H](c1cccs1)C[C@@H]2C(F)(F)F. The highest BCUT2D eigenvalue weighted by molar-refractivity contribution is 9.10. The van der Waals surface area contributed by atoms with E-state index in [1.54, 1.807) is 29.6 Å². The Hall–Kier alpha value is -2.24. The van der Waals surface area contributed by atoms with Gasteiger partial charge in [0.25, 0.3) is 5.91 Å². The predicted octanol–water partition coefficient (Wildman–Crippen LogP) is 6.28. The van der Waals surface area contributed by atoms with Gasteiger partial charge in [-0.2, -0.15) is 18.3 Å². The first-order valence-electron chi connectivity index (χ1n) is 8.98. The summed E-state index contributed by atoms with van der Waals surface area (Å²) >= 11 is 10.6. The third-order valence-corrected chi connectivity index (χ3v) is 6.78. The molecule has 0 radical (unpaired) electrons. The van der Waals surface area contributed by atoms with Gasteiger partial charge in [0.1, 0.15) is 11.6 Å². The maximum atomic E-state index is 13.8. The van der Waals surface area contributed by atoms with Crippen molar-refractivity contribution >= 4 is 56.3 Å². The largest absolute Gasteiger partial charge is 0.495 e. The molecule has 2 atom stereocenters. The van der Waals surface area contributed by atoms with Crippen LogP contribution in [0.15, 0.2) is 40.2 Å². The number of nitrogens with zero attached hydrogens (tertiary/aromatic N) is 2. The van der Waals surface area contributed by atoms with Crippen LogP contribution >= 0.6 is 38.9 Å². The lowest BCUT2D eigenvalue weighted by Gasteiger charge is -2.33. The van der Waals surface area contributed by atoms with Crippen molar-refractivity contribution in [3.63, 3.8) is 0 Å². The first-order chi connectivity index (χ1) is 14.7. The number of nitrogens with one attached hydrogen (secondary N) is 2. The monoisotopic (exact) mass is 534 g/mol. The van der Waals surface area contributed by atoms with Gasteiger partial charge < -0.3 is 15.4 Å². The normalized spacial score (nSPS) is 18.3. The zero-order valence-corrected chi connectivity index (χ0v) is 19.0. The zero-order valence-electron chi connectivity index (χ0n) is 15.8. The van der Waals surface area contributed by atoms with Crippen LogP contribution in [0.3, 0.4) is 0 Å². The first kappa shape index (κ1) is 22.0. The molecule has 0 bridgehead atoms. The third kappa shape index (κ3) is 4.26. The standard InChI is InChI=1S/C19H15BrClF3N4O2S/c1-30-12-5-4-9(21)7-10(12)26-18(29)16-15(20)17-25-11(13-3-2-6-31-13)8-14(19(22,23)24)28(17)27-16/h2-7,11,14,25H,8H2,1H3,(H,26,29)/t11-,14-/m1/s1. The number of carbonyl (C=O) groups is 1. The molecule has 31 heavy (non-hydrogen) atoms. The molecule has 0 fully saturated rings. The summed E-state index contributed by atoms with van der Waals surface area (Å²) in [7, 11) is 1.42. The number of ether oxygens (including phenoxy) is 1. The molecule has 6 nitrogen and oxygen atoms in total. The van der Waals surface area contributed by atoms with Crippen molar-refractivity contribution in [1.29, 1.82) is 0 Å². The number of rotatable bonds is 4. The second-order valence-electron chi connectivity index (χ2n) is 6.76.